The van der Waals surface area contributed by atoms with E-state index < -0.39 is 23.7 Å². The van der Waals surface area contributed by atoms with Gasteiger partial charge in [0, 0.05) is 23.8 Å². The third-order valence-electron chi connectivity index (χ3n) is 6.33. The Hall–Kier alpha value is -3.56. The first kappa shape index (κ1) is 22.2. The Bertz CT molecular complexity index is 1320. The number of carbonyl (C=O) groups excluding carboxylic acids is 2. The largest absolute Gasteiger partial charge is 0.449 e. The lowest BCUT2D eigenvalue weighted by Gasteiger charge is -2.26. The maximum Gasteiger partial charge on any atom is 0.416 e. The summed E-state index contributed by atoms with van der Waals surface area (Å²) in [6.07, 6.45) is -0.316. The van der Waals surface area contributed by atoms with Gasteiger partial charge in [0.1, 0.15) is 0 Å². The quantitative estimate of drug-likeness (QED) is 0.570. The number of ether oxygens (including phenoxy) is 1. The summed E-state index contributed by atoms with van der Waals surface area (Å²) in [6, 6.07) is 9.88. The minimum absolute atomic E-state index is 0.118. The summed E-state index contributed by atoms with van der Waals surface area (Å²) in [4.78, 5) is 33.9. The average molecular weight is 472 g/mol. The van der Waals surface area contributed by atoms with Gasteiger partial charge in [-0.25, -0.2) is 4.79 Å². The summed E-state index contributed by atoms with van der Waals surface area (Å²) in [7, 11) is 0. The fourth-order valence-electron chi connectivity index (χ4n) is 4.69. The maximum atomic E-state index is 13.1. The number of benzene rings is 2. The highest BCUT2D eigenvalue weighted by Gasteiger charge is 2.31. The lowest BCUT2D eigenvalue weighted by Crippen LogP contribution is -2.37. The molecule has 178 valence electrons. The fourth-order valence-corrected chi connectivity index (χ4v) is 4.69. The van der Waals surface area contributed by atoms with Gasteiger partial charge in [0.2, 0.25) is 5.62 Å². The number of halogens is 3. The standard InChI is InChI=1S/C24H23F3N4O3/c25-24(26,27)16-6-3-5-15(13-16)21(32)29-22-28-19-14-18(30-11-4-12-34-23(30)33)9-10-20(19)31(22)17-7-1-2-8-17/h3,5-6,9-10,13-14,17H,1-2,4,7-8,11-12H2,(H,28,29,32). The zero-order valence-electron chi connectivity index (χ0n) is 18.3. The van der Waals surface area contributed by atoms with Crippen LogP contribution in [0.2, 0.25) is 0 Å². The number of H-pyrrole nitrogens is 1. The normalized spacial score (nSPS) is 18.0. The lowest BCUT2D eigenvalue weighted by atomic mass is 10.1. The molecule has 1 aromatic heterocycles. The van der Waals surface area contributed by atoms with E-state index in [2.05, 4.69) is 9.98 Å². The van der Waals surface area contributed by atoms with Gasteiger partial charge in [-0.2, -0.15) is 18.2 Å². The number of nitrogens with one attached hydrogen (secondary N) is 1. The fraction of sp³-hybridized carbons (Fsp3) is 0.375. The predicted molar refractivity (Wildman–Crippen MR) is 118 cm³/mol. The topological polar surface area (TPSA) is 79.7 Å². The van der Waals surface area contributed by atoms with Crippen LogP contribution in [0.15, 0.2) is 47.5 Å². The van der Waals surface area contributed by atoms with Crippen molar-refractivity contribution in [3.8, 4) is 0 Å². The molecule has 1 N–H and O–H groups in total. The molecule has 0 spiro atoms. The van der Waals surface area contributed by atoms with Crippen LogP contribution in [0.4, 0.5) is 23.7 Å². The third kappa shape index (κ3) is 4.20. The van der Waals surface area contributed by atoms with E-state index in [1.807, 2.05) is 16.7 Å². The second kappa shape index (κ2) is 8.66. The Morgan fingerprint density at radius 2 is 1.88 bits per heavy atom. The Kier molecular flexibility index (Phi) is 5.66. The van der Waals surface area contributed by atoms with Crippen LogP contribution in [-0.4, -0.2) is 34.7 Å². The Balaban J connectivity index is 1.59. The summed E-state index contributed by atoms with van der Waals surface area (Å²) in [5.74, 6) is -0.760. The van der Waals surface area contributed by atoms with Crippen molar-refractivity contribution >= 4 is 28.7 Å². The second-order valence-corrected chi connectivity index (χ2v) is 8.57. The van der Waals surface area contributed by atoms with Gasteiger partial charge >= 0.3 is 12.3 Å². The Morgan fingerprint density at radius 3 is 2.62 bits per heavy atom. The van der Waals surface area contributed by atoms with Crippen LogP contribution < -0.4 is 10.5 Å². The van der Waals surface area contributed by atoms with Crippen LogP contribution in [0, 0.1) is 0 Å². The summed E-state index contributed by atoms with van der Waals surface area (Å²) in [6.45, 7) is 0.932. The molecule has 2 aromatic carbocycles. The molecule has 2 aliphatic rings. The summed E-state index contributed by atoms with van der Waals surface area (Å²) >= 11 is 0. The summed E-state index contributed by atoms with van der Waals surface area (Å²) in [5.41, 5.74) is 1.40. The Labute approximate surface area is 192 Å². The molecule has 1 aliphatic heterocycles. The van der Waals surface area contributed by atoms with Crippen LogP contribution >= 0.6 is 0 Å². The van der Waals surface area contributed by atoms with E-state index in [0.717, 1.165) is 49.8 Å². The number of fused-ring (bicyclic) bond motifs is 1. The molecule has 2 amide bonds. The molecule has 7 nitrogen and oxygen atoms in total. The first-order valence-corrected chi connectivity index (χ1v) is 11.3. The molecule has 0 atom stereocenters. The first-order valence-electron chi connectivity index (χ1n) is 11.3. The van der Waals surface area contributed by atoms with E-state index in [0.29, 0.717) is 24.4 Å². The molecule has 1 saturated carbocycles. The number of anilines is 1. The molecule has 0 radical (unpaired) electrons. The van der Waals surface area contributed by atoms with E-state index in [1.165, 1.54) is 12.1 Å². The second-order valence-electron chi connectivity index (χ2n) is 8.57. The maximum absolute atomic E-state index is 13.1. The number of imidazole rings is 1. The van der Waals surface area contributed by atoms with Gasteiger partial charge in [0.05, 0.1) is 23.2 Å². The number of alkyl halides is 3. The monoisotopic (exact) mass is 472 g/mol. The van der Waals surface area contributed by atoms with Gasteiger partial charge in [0.15, 0.2) is 0 Å². The van der Waals surface area contributed by atoms with Gasteiger partial charge < -0.3 is 14.3 Å². The van der Waals surface area contributed by atoms with Crippen molar-refractivity contribution in [1.82, 2.24) is 9.55 Å². The number of amides is 2. The number of nitrogens with zero attached hydrogens (tertiary/aromatic N) is 3. The van der Waals surface area contributed by atoms with Crippen molar-refractivity contribution in [3.05, 3.63) is 59.2 Å². The number of aromatic nitrogens is 2. The highest BCUT2D eigenvalue weighted by atomic mass is 19.4. The van der Waals surface area contributed by atoms with Crippen molar-refractivity contribution in [3.63, 3.8) is 0 Å². The summed E-state index contributed by atoms with van der Waals surface area (Å²) < 4.78 is 46.4. The molecular weight excluding hydrogens is 449 g/mol. The molecule has 0 bridgehead atoms. The zero-order chi connectivity index (χ0) is 23.9. The first-order chi connectivity index (χ1) is 16.3. The molecule has 3 aromatic rings. The van der Waals surface area contributed by atoms with Crippen molar-refractivity contribution in [2.75, 3.05) is 18.1 Å². The van der Waals surface area contributed by atoms with E-state index in [-0.39, 0.29) is 17.2 Å². The number of hydrogen-bond acceptors (Lipinski definition) is 3. The van der Waals surface area contributed by atoms with E-state index >= 15 is 0 Å². The lowest BCUT2D eigenvalue weighted by molar-refractivity contribution is -0.137. The molecule has 5 rings (SSSR count). The zero-order valence-corrected chi connectivity index (χ0v) is 18.3. The molecule has 34 heavy (non-hydrogen) atoms. The minimum atomic E-state index is -4.55. The summed E-state index contributed by atoms with van der Waals surface area (Å²) in [5, 5.41) is 0. The SMILES string of the molecule is O=C(/N=c1\[nH]c2cc(N3CCCOC3=O)ccc2n1C1CCCC1)c1cccc(C(F)(F)F)c1. The van der Waals surface area contributed by atoms with Crippen LogP contribution in [0.5, 0.6) is 0 Å². The molecule has 2 fully saturated rings. The van der Waals surface area contributed by atoms with Gasteiger partial charge in [-0.05, 0) is 55.7 Å². The molecule has 10 heteroatoms. The van der Waals surface area contributed by atoms with Gasteiger partial charge in [-0.3, -0.25) is 9.69 Å². The number of cyclic esters (lactones) is 1. The average Bonchev–Trinajstić information content (AvgIpc) is 3.46. The van der Waals surface area contributed by atoms with E-state index in [9.17, 15) is 22.8 Å². The smallest absolute Gasteiger partial charge is 0.416 e. The van der Waals surface area contributed by atoms with Crippen LogP contribution in [-0.2, 0) is 10.9 Å². The van der Waals surface area contributed by atoms with Crippen LogP contribution in [0.25, 0.3) is 11.0 Å². The van der Waals surface area contributed by atoms with E-state index in [4.69, 9.17) is 4.74 Å². The van der Waals surface area contributed by atoms with Crippen LogP contribution in [0.1, 0.15) is 54.1 Å². The highest BCUT2D eigenvalue weighted by molar-refractivity contribution is 5.95. The van der Waals surface area contributed by atoms with Crippen LogP contribution in [0.3, 0.4) is 0 Å². The van der Waals surface area contributed by atoms with Crippen molar-refractivity contribution in [2.24, 2.45) is 4.99 Å². The molecular formula is C24H23F3N4O3. The number of rotatable bonds is 3. The van der Waals surface area contributed by atoms with Gasteiger partial charge in [-0.15, -0.1) is 0 Å². The van der Waals surface area contributed by atoms with Gasteiger partial charge in [-0.1, -0.05) is 18.9 Å². The van der Waals surface area contributed by atoms with E-state index in [1.54, 1.807) is 11.0 Å². The van der Waals surface area contributed by atoms with Crippen molar-refractivity contribution in [1.29, 1.82) is 0 Å². The number of aromatic amines is 1. The highest BCUT2D eigenvalue weighted by Crippen LogP contribution is 2.32. The van der Waals surface area contributed by atoms with Crippen molar-refractivity contribution < 1.29 is 27.5 Å². The molecule has 2 heterocycles. The minimum Gasteiger partial charge on any atom is -0.449 e. The van der Waals surface area contributed by atoms with Crippen molar-refractivity contribution in [2.45, 2.75) is 44.3 Å². The van der Waals surface area contributed by atoms with Gasteiger partial charge in [0.25, 0.3) is 5.91 Å². The number of carbonyl (C=O) groups is 2. The third-order valence-corrected chi connectivity index (χ3v) is 6.33. The number of hydrogen-bond donors (Lipinski definition) is 1. The molecule has 0 unspecified atom stereocenters. The molecule has 1 saturated heterocycles. The molecule has 1 aliphatic carbocycles. The predicted octanol–water partition coefficient (Wildman–Crippen LogP) is 5.19. The Morgan fingerprint density at radius 1 is 1.09 bits per heavy atom.